The van der Waals surface area contributed by atoms with Crippen LogP contribution in [0.2, 0.25) is 5.02 Å². The minimum Gasteiger partial charge on any atom is -0.490 e. The minimum atomic E-state index is -3.96. The van der Waals surface area contributed by atoms with Crippen LogP contribution in [-0.2, 0) is 31.3 Å². The van der Waals surface area contributed by atoms with Crippen LogP contribution in [-0.4, -0.2) is 71.2 Å². The van der Waals surface area contributed by atoms with Crippen LogP contribution >= 0.6 is 11.6 Å². The lowest BCUT2D eigenvalue weighted by Crippen LogP contribution is -2.50. The molecule has 6 atom stereocenters. The first-order valence-electron chi connectivity index (χ1n) is 17.5. The molecule has 2 heterocycles. The van der Waals surface area contributed by atoms with Gasteiger partial charge in [0.15, 0.2) is 0 Å². The van der Waals surface area contributed by atoms with Crippen molar-refractivity contribution in [1.29, 1.82) is 0 Å². The molecule has 0 saturated heterocycles. The van der Waals surface area contributed by atoms with E-state index in [0.717, 1.165) is 49.4 Å². The molecule has 10 nitrogen and oxygen atoms in total. The van der Waals surface area contributed by atoms with Gasteiger partial charge in [0.25, 0.3) is 5.91 Å². The first-order valence-corrected chi connectivity index (χ1v) is 19.5. The summed E-state index contributed by atoms with van der Waals surface area (Å²) in [6.45, 7) is 8.08. The number of carbonyl (C=O) groups is 2. The van der Waals surface area contributed by atoms with E-state index in [1.165, 1.54) is 11.1 Å². The normalized spacial score (nSPS) is 30.0. The molecular weight excluding hydrogens is 666 g/mol. The van der Waals surface area contributed by atoms with Gasteiger partial charge in [0.1, 0.15) is 5.75 Å². The highest BCUT2D eigenvalue weighted by Gasteiger charge is 2.44. The monoisotopic (exact) mass is 713 g/mol. The van der Waals surface area contributed by atoms with Gasteiger partial charge in [-0.25, -0.2) is 17.9 Å². The summed E-state index contributed by atoms with van der Waals surface area (Å²) in [6.07, 6.45) is 8.80. The number of aryl methyl sites for hydroxylation is 1. The van der Waals surface area contributed by atoms with Gasteiger partial charge < -0.3 is 24.4 Å². The van der Waals surface area contributed by atoms with Crippen LogP contribution in [0.5, 0.6) is 5.75 Å². The summed E-state index contributed by atoms with van der Waals surface area (Å²) in [6, 6.07) is 11.4. The molecule has 1 fully saturated rings. The van der Waals surface area contributed by atoms with Crippen LogP contribution in [0.15, 0.2) is 48.6 Å². The Morgan fingerprint density at radius 2 is 2.02 bits per heavy atom. The second-order valence-corrected chi connectivity index (χ2v) is 16.6. The van der Waals surface area contributed by atoms with Crippen molar-refractivity contribution in [2.45, 2.75) is 76.1 Å². The first kappa shape index (κ1) is 35.5. The van der Waals surface area contributed by atoms with Crippen LogP contribution in [0.3, 0.4) is 0 Å². The number of nitrogens with one attached hydrogen (secondary N) is 2. The number of carbonyl (C=O) groups excluding carboxylic acids is 2. The Kier molecular flexibility index (Phi) is 10.8. The Morgan fingerprint density at radius 1 is 1.18 bits per heavy atom. The van der Waals surface area contributed by atoms with Gasteiger partial charge in [0.05, 0.1) is 36.9 Å². The zero-order chi connectivity index (χ0) is 34.8. The van der Waals surface area contributed by atoms with E-state index in [0.29, 0.717) is 51.0 Å². The molecule has 2 aliphatic carbocycles. The molecular formula is C37H48ClN3O7S. The maximum Gasteiger partial charge on any atom is 0.407 e. The predicted octanol–water partition coefficient (Wildman–Crippen LogP) is 6.01. The fourth-order valence-electron chi connectivity index (χ4n) is 7.85. The standard InChI is InChI=1S/C37H48ClN3O7S/c1-4-46-36(43)39-17-18-47-33-9-5-7-24(2)25(3)49(44,45)40-35(42)27-11-15-34-32(20-27)41(21-28-10-13-30(28)33)22-37(23-48-34)16-6-8-26-19-29(38)12-14-31(26)37/h5,9,11-12,14-15,19-20,24-25,28,30,33H,4,6-8,10,13,16-18,21-23H2,1-3H3,(H,39,43)(H,40,42)/b9-5+/t24-,25+,28-,30+,33-,37-/m0/s1. The lowest BCUT2D eigenvalue weighted by Gasteiger charge is -2.46. The second kappa shape index (κ2) is 14.9. The molecule has 2 aromatic carbocycles. The van der Waals surface area contributed by atoms with Gasteiger partial charge in [-0.05, 0) is 112 Å². The largest absolute Gasteiger partial charge is 0.490 e. The number of sulfonamides is 1. The maximum absolute atomic E-state index is 13.5. The number of benzene rings is 2. The van der Waals surface area contributed by atoms with Gasteiger partial charge in [-0.1, -0.05) is 36.7 Å². The first-order chi connectivity index (χ1) is 23.5. The number of allylic oxidation sites excluding steroid dienone is 1. The molecule has 2 amide bonds. The molecule has 0 aromatic heterocycles. The summed E-state index contributed by atoms with van der Waals surface area (Å²) < 4.78 is 47.1. The lowest BCUT2D eigenvalue weighted by molar-refractivity contribution is -0.0126. The maximum atomic E-state index is 13.5. The van der Waals surface area contributed by atoms with Crippen molar-refractivity contribution < 1.29 is 32.2 Å². The fraction of sp³-hybridized carbons (Fsp3) is 0.568. The summed E-state index contributed by atoms with van der Waals surface area (Å²) >= 11 is 6.44. The van der Waals surface area contributed by atoms with E-state index in [4.69, 9.17) is 25.8 Å². The number of fused-ring (bicyclic) bond motifs is 4. The van der Waals surface area contributed by atoms with Crippen molar-refractivity contribution in [2.24, 2.45) is 17.8 Å². The van der Waals surface area contributed by atoms with Crippen LogP contribution in [0.25, 0.3) is 0 Å². The van der Waals surface area contributed by atoms with E-state index in [1.807, 2.05) is 19.1 Å². The third-order valence-corrected chi connectivity index (χ3v) is 13.1. The SMILES string of the molecule is CCOC(=O)NCCO[C@H]1/C=C/C[C@H](C)[C@@H](C)S(=O)(=O)NC(=O)c2ccc3c(c2)N(C[C@@H]2CC[C@H]21)C[C@@]1(CCCc2cc(Cl)ccc21)CO3. The summed E-state index contributed by atoms with van der Waals surface area (Å²) in [7, 11) is -3.96. The molecule has 0 unspecified atom stereocenters. The van der Waals surface area contributed by atoms with Crippen molar-refractivity contribution in [1.82, 2.24) is 10.0 Å². The number of nitrogens with zero attached hydrogens (tertiary/aromatic N) is 1. The number of halogens is 1. The number of ether oxygens (including phenoxy) is 3. The van der Waals surface area contributed by atoms with Gasteiger partial charge in [0.2, 0.25) is 10.0 Å². The Bertz CT molecular complexity index is 1680. The molecule has 2 bridgehead atoms. The Labute approximate surface area is 294 Å². The molecule has 6 rings (SSSR count). The molecule has 0 radical (unpaired) electrons. The van der Waals surface area contributed by atoms with Crippen LogP contribution in [0.1, 0.15) is 74.4 Å². The molecule has 1 spiro atoms. The molecule has 1 saturated carbocycles. The zero-order valence-electron chi connectivity index (χ0n) is 28.6. The topological polar surface area (TPSA) is 123 Å². The molecule has 4 aliphatic rings. The van der Waals surface area contributed by atoms with Crippen molar-refractivity contribution in [2.75, 3.05) is 44.4 Å². The Hall–Kier alpha value is -3.28. The van der Waals surface area contributed by atoms with Crippen molar-refractivity contribution in [3.05, 3.63) is 70.3 Å². The van der Waals surface area contributed by atoms with E-state index in [-0.39, 0.29) is 28.9 Å². The molecule has 2 aliphatic heterocycles. The highest BCUT2D eigenvalue weighted by molar-refractivity contribution is 7.90. The molecule has 2 aromatic rings. The number of amides is 2. The van der Waals surface area contributed by atoms with Gasteiger partial charge in [-0.2, -0.15) is 0 Å². The van der Waals surface area contributed by atoms with Crippen LogP contribution in [0, 0.1) is 17.8 Å². The molecule has 49 heavy (non-hydrogen) atoms. The fourth-order valence-corrected chi connectivity index (χ4v) is 9.33. The average molecular weight is 714 g/mol. The summed E-state index contributed by atoms with van der Waals surface area (Å²) in [5.74, 6) is 0.293. The summed E-state index contributed by atoms with van der Waals surface area (Å²) in [5, 5.41) is 2.65. The third kappa shape index (κ3) is 7.73. The Morgan fingerprint density at radius 3 is 2.80 bits per heavy atom. The second-order valence-electron chi connectivity index (χ2n) is 14.1. The number of anilines is 1. The zero-order valence-corrected chi connectivity index (χ0v) is 30.2. The predicted molar refractivity (Wildman–Crippen MR) is 190 cm³/mol. The van der Waals surface area contributed by atoms with E-state index in [2.05, 4.69) is 33.1 Å². The molecule has 266 valence electrons. The lowest BCUT2D eigenvalue weighted by atomic mass is 9.68. The summed E-state index contributed by atoms with van der Waals surface area (Å²) in [4.78, 5) is 27.7. The van der Waals surface area contributed by atoms with Crippen molar-refractivity contribution in [3.63, 3.8) is 0 Å². The van der Waals surface area contributed by atoms with E-state index >= 15 is 0 Å². The van der Waals surface area contributed by atoms with Gasteiger partial charge in [-0.15, -0.1) is 0 Å². The molecule has 2 N–H and O–H groups in total. The number of hydrogen-bond acceptors (Lipinski definition) is 8. The van der Waals surface area contributed by atoms with Gasteiger partial charge >= 0.3 is 6.09 Å². The van der Waals surface area contributed by atoms with Crippen LogP contribution in [0.4, 0.5) is 10.5 Å². The Balaban J connectivity index is 1.35. The number of alkyl carbamates (subject to hydrolysis) is 1. The van der Waals surface area contributed by atoms with Crippen molar-refractivity contribution >= 4 is 39.3 Å². The smallest absolute Gasteiger partial charge is 0.407 e. The average Bonchev–Trinajstić information content (AvgIpc) is 3.20. The van der Waals surface area contributed by atoms with Crippen molar-refractivity contribution in [3.8, 4) is 5.75 Å². The van der Waals surface area contributed by atoms with Crippen LogP contribution < -0.4 is 19.7 Å². The van der Waals surface area contributed by atoms with E-state index < -0.39 is 27.3 Å². The molecule has 12 heteroatoms. The third-order valence-electron chi connectivity index (χ3n) is 11.0. The highest BCUT2D eigenvalue weighted by Crippen LogP contribution is 2.47. The van der Waals surface area contributed by atoms with E-state index in [9.17, 15) is 18.0 Å². The summed E-state index contributed by atoms with van der Waals surface area (Å²) in [5.41, 5.74) is 3.26. The quantitative estimate of drug-likeness (QED) is 0.285. The highest BCUT2D eigenvalue weighted by atomic mass is 35.5. The van der Waals surface area contributed by atoms with E-state index in [1.54, 1.807) is 32.0 Å². The van der Waals surface area contributed by atoms with Gasteiger partial charge in [0, 0.05) is 35.6 Å². The number of hydrogen-bond donors (Lipinski definition) is 2. The van der Waals surface area contributed by atoms with Gasteiger partial charge in [-0.3, -0.25) is 4.79 Å². The minimum absolute atomic E-state index is 0.213. The number of rotatable bonds is 5.